The fourth-order valence-electron chi connectivity index (χ4n) is 2.86. The van der Waals surface area contributed by atoms with Crippen LogP contribution in [0.15, 0.2) is 50.7 Å². The lowest BCUT2D eigenvalue weighted by Crippen LogP contribution is -2.23. The van der Waals surface area contributed by atoms with E-state index < -0.39 is 11.2 Å². The molecular weight excluding hydrogens is 368 g/mol. The molecule has 0 saturated heterocycles. The lowest BCUT2D eigenvalue weighted by molar-refractivity contribution is 0.132. The van der Waals surface area contributed by atoms with Crippen LogP contribution in [0, 0.1) is 0 Å². The van der Waals surface area contributed by atoms with Gasteiger partial charge in [0.25, 0.3) is 0 Å². The maximum Gasteiger partial charge on any atom is 0.383 e. The molecule has 0 aliphatic heterocycles. The minimum Gasteiger partial charge on any atom is -0.492 e. The Morgan fingerprint density at radius 2 is 1.83 bits per heavy atom. The van der Waals surface area contributed by atoms with E-state index in [2.05, 4.69) is 26.8 Å². The van der Waals surface area contributed by atoms with Crippen LogP contribution in [0.4, 0.5) is 0 Å². The molecule has 1 heterocycles. The average molecular weight is 401 g/mol. The highest BCUT2D eigenvalue weighted by Crippen LogP contribution is 2.39. The zero-order valence-electron chi connectivity index (χ0n) is 18.5. The van der Waals surface area contributed by atoms with Gasteiger partial charge in [-0.3, -0.25) is 0 Å². The van der Waals surface area contributed by atoms with Gasteiger partial charge in [-0.25, -0.2) is 4.79 Å². The lowest BCUT2D eigenvalue weighted by Gasteiger charge is -2.23. The molecule has 2 rings (SSSR count). The Labute approximate surface area is 173 Å². The second-order valence-corrected chi connectivity index (χ2v) is 8.28. The fourth-order valence-corrected chi connectivity index (χ4v) is 2.86. The fraction of sp³-hybridized carbons (Fsp3) is 0.458. The highest BCUT2D eigenvalue weighted by atomic mass is 16.5. The van der Waals surface area contributed by atoms with Gasteiger partial charge in [-0.2, -0.15) is 0 Å². The monoisotopic (exact) mass is 400 g/mol. The summed E-state index contributed by atoms with van der Waals surface area (Å²) in [7, 11) is 1.51. The van der Waals surface area contributed by atoms with Crippen molar-refractivity contribution in [3.63, 3.8) is 0 Å². The Hall–Kier alpha value is -2.69. The normalized spacial score (nSPS) is 12.0. The summed E-state index contributed by atoms with van der Waals surface area (Å²) >= 11 is 0. The number of benzene rings is 1. The van der Waals surface area contributed by atoms with E-state index >= 15 is 0 Å². The van der Waals surface area contributed by atoms with Gasteiger partial charge in [0.05, 0.1) is 7.11 Å². The summed E-state index contributed by atoms with van der Waals surface area (Å²) in [6.07, 6.45) is 6.11. The first-order valence-electron chi connectivity index (χ1n) is 9.87. The van der Waals surface area contributed by atoms with E-state index in [-0.39, 0.29) is 12.4 Å². The zero-order valence-corrected chi connectivity index (χ0v) is 18.5. The molecule has 0 amide bonds. The van der Waals surface area contributed by atoms with Crippen LogP contribution in [0.1, 0.15) is 54.4 Å². The highest BCUT2D eigenvalue weighted by Gasteiger charge is 2.22. The molecule has 0 saturated carbocycles. The van der Waals surface area contributed by atoms with Crippen LogP contribution >= 0.6 is 0 Å². The van der Waals surface area contributed by atoms with Crippen molar-refractivity contribution in [1.29, 1.82) is 0 Å². The Bertz CT molecular complexity index is 954. The van der Waals surface area contributed by atoms with E-state index in [9.17, 15) is 4.79 Å². The van der Waals surface area contributed by atoms with Gasteiger partial charge in [0, 0.05) is 0 Å². The van der Waals surface area contributed by atoms with E-state index in [0.717, 1.165) is 12.8 Å². The van der Waals surface area contributed by atoms with Crippen LogP contribution in [-0.2, 0) is 0 Å². The second-order valence-electron chi connectivity index (χ2n) is 8.28. The highest BCUT2D eigenvalue weighted by molar-refractivity contribution is 5.91. The Balaban J connectivity index is 2.33. The van der Waals surface area contributed by atoms with Crippen molar-refractivity contribution in [1.82, 2.24) is 0 Å². The SMILES string of the molecule is COc1c(OCC=C(C)CCC=C(C)C)c(=O)oc2cccc(OC(C)(C)C)c12. The van der Waals surface area contributed by atoms with E-state index in [4.69, 9.17) is 18.6 Å². The van der Waals surface area contributed by atoms with Gasteiger partial charge in [0.2, 0.25) is 5.75 Å². The molecule has 0 aliphatic carbocycles. The van der Waals surface area contributed by atoms with Crippen molar-refractivity contribution in [2.24, 2.45) is 0 Å². The van der Waals surface area contributed by atoms with Gasteiger partial charge < -0.3 is 18.6 Å². The van der Waals surface area contributed by atoms with Gasteiger partial charge >= 0.3 is 5.63 Å². The van der Waals surface area contributed by atoms with E-state index in [0.29, 0.717) is 22.5 Å². The van der Waals surface area contributed by atoms with Crippen molar-refractivity contribution in [2.45, 2.75) is 60.0 Å². The molecular formula is C24H32O5. The van der Waals surface area contributed by atoms with Crippen LogP contribution in [0.5, 0.6) is 17.2 Å². The third-order valence-electron chi connectivity index (χ3n) is 4.18. The first kappa shape index (κ1) is 22.6. The molecule has 5 heteroatoms. The van der Waals surface area contributed by atoms with E-state index in [1.165, 1.54) is 18.3 Å². The predicted octanol–water partition coefficient (Wildman–Crippen LogP) is 6.05. The molecule has 5 nitrogen and oxygen atoms in total. The number of fused-ring (bicyclic) bond motifs is 1. The van der Waals surface area contributed by atoms with Gasteiger partial charge in [-0.15, -0.1) is 0 Å². The summed E-state index contributed by atoms with van der Waals surface area (Å²) in [5.74, 6) is 0.957. The van der Waals surface area contributed by atoms with Crippen molar-refractivity contribution in [2.75, 3.05) is 13.7 Å². The van der Waals surface area contributed by atoms with Gasteiger partial charge in [-0.1, -0.05) is 23.3 Å². The molecule has 0 atom stereocenters. The maximum absolute atomic E-state index is 12.5. The van der Waals surface area contributed by atoms with Crippen molar-refractivity contribution >= 4 is 11.0 Å². The van der Waals surface area contributed by atoms with Gasteiger partial charge in [-0.05, 0) is 72.6 Å². The van der Waals surface area contributed by atoms with Crippen molar-refractivity contribution in [3.8, 4) is 17.2 Å². The first-order chi connectivity index (χ1) is 13.6. The molecule has 29 heavy (non-hydrogen) atoms. The number of rotatable bonds is 8. The summed E-state index contributed by atoms with van der Waals surface area (Å²) in [6, 6.07) is 5.32. The summed E-state index contributed by atoms with van der Waals surface area (Å²) in [6.45, 7) is 12.4. The zero-order chi connectivity index (χ0) is 21.6. The first-order valence-corrected chi connectivity index (χ1v) is 9.87. The number of hydrogen-bond acceptors (Lipinski definition) is 5. The van der Waals surface area contributed by atoms with Gasteiger partial charge in [0.1, 0.15) is 28.9 Å². The van der Waals surface area contributed by atoms with Crippen LogP contribution < -0.4 is 19.8 Å². The number of hydrogen-bond donors (Lipinski definition) is 0. The largest absolute Gasteiger partial charge is 0.492 e. The molecule has 0 unspecified atom stereocenters. The van der Waals surface area contributed by atoms with E-state index in [1.807, 2.05) is 32.9 Å². The van der Waals surface area contributed by atoms with Crippen LogP contribution in [-0.4, -0.2) is 19.3 Å². The van der Waals surface area contributed by atoms with Crippen molar-refractivity contribution in [3.05, 3.63) is 51.9 Å². The molecule has 0 N–H and O–H groups in total. The van der Waals surface area contributed by atoms with Crippen LogP contribution in [0.25, 0.3) is 11.0 Å². The Kier molecular flexibility index (Phi) is 7.54. The smallest absolute Gasteiger partial charge is 0.383 e. The molecule has 158 valence electrons. The Morgan fingerprint density at radius 3 is 2.45 bits per heavy atom. The summed E-state index contributed by atoms with van der Waals surface area (Å²) in [5, 5.41) is 0.587. The summed E-state index contributed by atoms with van der Waals surface area (Å²) in [5.41, 5.74) is 1.91. The number of ether oxygens (including phenoxy) is 3. The molecule has 1 aromatic carbocycles. The topological polar surface area (TPSA) is 57.9 Å². The number of allylic oxidation sites excluding steroid dienone is 3. The molecule has 1 aromatic heterocycles. The Morgan fingerprint density at radius 1 is 1.10 bits per heavy atom. The molecule has 0 bridgehead atoms. The van der Waals surface area contributed by atoms with Crippen LogP contribution in [0.3, 0.4) is 0 Å². The molecule has 0 radical (unpaired) electrons. The van der Waals surface area contributed by atoms with Gasteiger partial charge in [0.15, 0.2) is 5.75 Å². The predicted molar refractivity (Wildman–Crippen MR) is 117 cm³/mol. The quantitative estimate of drug-likeness (QED) is 0.399. The summed E-state index contributed by atoms with van der Waals surface area (Å²) in [4.78, 5) is 12.5. The van der Waals surface area contributed by atoms with E-state index in [1.54, 1.807) is 12.1 Å². The standard InChI is InChI=1S/C24H32O5/c1-16(2)10-8-11-17(3)14-15-27-22-21(26-7)20-18(28-23(22)25)12-9-13-19(20)29-24(4,5)6/h9-10,12-14H,8,11,15H2,1-7H3. The second kappa shape index (κ2) is 9.68. The molecule has 0 fully saturated rings. The lowest BCUT2D eigenvalue weighted by atomic mass is 10.1. The molecule has 2 aromatic rings. The maximum atomic E-state index is 12.5. The summed E-state index contributed by atoms with van der Waals surface area (Å²) < 4.78 is 22.8. The molecule has 0 spiro atoms. The van der Waals surface area contributed by atoms with Crippen molar-refractivity contribution < 1.29 is 18.6 Å². The minimum absolute atomic E-state index is 0.0540. The minimum atomic E-state index is -0.571. The molecule has 0 aliphatic rings. The van der Waals surface area contributed by atoms with Crippen LogP contribution in [0.2, 0.25) is 0 Å². The third kappa shape index (κ3) is 6.41. The third-order valence-corrected chi connectivity index (χ3v) is 4.18. The average Bonchev–Trinajstić information content (AvgIpc) is 2.60. The number of methoxy groups -OCH3 is 1.